The van der Waals surface area contributed by atoms with Crippen molar-refractivity contribution in [3.05, 3.63) is 0 Å². The highest BCUT2D eigenvalue weighted by Crippen LogP contribution is 2.29. The van der Waals surface area contributed by atoms with Gasteiger partial charge in [0.1, 0.15) is 0 Å². The molecule has 2 fully saturated rings. The van der Waals surface area contributed by atoms with Crippen LogP contribution in [0.2, 0.25) is 0 Å². The van der Waals surface area contributed by atoms with Crippen molar-refractivity contribution >= 4 is 0 Å². The molecule has 0 amide bonds. The molecule has 13 heavy (non-hydrogen) atoms. The summed E-state index contributed by atoms with van der Waals surface area (Å²) in [5.41, 5.74) is 0. The molecule has 1 N–H and O–H groups in total. The SMILES string of the molecule is CCN1CCN(C2CC2)[C@H](CO)C1. The Bertz CT molecular complexity index is 170. The first-order valence-electron chi connectivity index (χ1n) is 5.44. The van der Waals surface area contributed by atoms with Crippen molar-refractivity contribution in [3.63, 3.8) is 0 Å². The summed E-state index contributed by atoms with van der Waals surface area (Å²) < 4.78 is 0. The van der Waals surface area contributed by atoms with Crippen molar-refractivity contribution in [1.82, 2.24) is 9.80 Å². The van der Waals surface area contributed by atoms with E-state index in [0.717, 1.165) is 25.7 Å². The zero-order valence-electron chi connectivity index (χ0n) is 8.45. The molecule has 1 aliphatic carbocycles. The number of likely N-dealkylation sites (N-methyl/N-ethyl adjacent to an activating group) is 1. The number of rotatable bonds is 3. The lowest BCUT2D eigenvalue weighted by Crippen LogP contribution is -2.55. The molecule has 2 aliphatic rings. The molecule has 1 saturated carbocycles. The molecule has 0 unspecified atom stereocenters. The van der Waals surface area contributed by atoms with E-state index in [9.17, 15) is 5.11 Å². The van der Waals surface area contributed by atoms with Gasteiger partial charge in [-0.3, -0.25) is 4.90 Å². The molecule has 0 aromatic rings. The van der Waals surface area contributed by atoms with Crippen molar-refractivity contribution in [1.29, 1.82) is 0 Å². The van der Waals surface area contributed by atoms with Crippen molar-refractivity contribution in [2.45, 2.75) is 31.8 Å². The number of nitrogens with zero attached hydrogens (tertiary/aromatic N) is 2. The normalized spacial score (nSPS) is 32.3. The predicted molar refractivity (Wildman–Crippen MR) is 52.7 cm³/mol. The Hall–Kier alpha value is -0.120. The lowest BCUT2D eigenvalue weighted by molar-refractivity contribution is 0.0369. The third kappa shape index (κ3) is 2.03. The molecule has 3 nitrogen and oxygen atoms in total. The number of aliphatic hydroxyl groups excluding tert-OH is 1. The Labute approximate surface area is 80.3 Å². The van der Waals surface area contributed by atoms with Gasteiger partial charge in [0, 0.05) is 31.7 Å². The van der Waals surface area contributed by atoms with Gasteiger partial charge in [-0.1, -0.05) is 6.92 Å². The molecule has 0 aromatic carbocycles. The molecule has 3 heteroatoms. The van der Waals surface area contributed by atoms with Crippen LogP contribution >= 0.6 is 0 Å². The average molecular weight is 184 g/mol. The van der Waals surface area contributed by atoms with Crippen LogP contribution in [0.25, 0.3) is 0 Å². The van der Waals surface area contributed by atoms with Crippen molar-refractivity contribution in [3.8, 4) is 0 Å². The van der Waals surface area contributed by atoms with Crippen LogP contribution < -0.4 is 0 Å². The molecular weight excluding hydrogens is 164 g/mol. The summed E-state index contributed by atoms with van der Waals surface area (Å²) in [6.45, 7) is 7.04. The zero-order chi connectivity index (χ0) is 9.26. The Morgan fingerprint density at radius 2 is 2.08 bits per heavy atom. The summed E-state index contributed by atoms with van der Waals surface area (Å²) in [7, 11) is 0. The van der Waals surface area contributed by atoms with E-state index in [2.05, 4.69) is 16.7 Å². The molecule has 1 heterocycles. The van der Waals surface area contributed by atoms with Crippen LogP contribution in [0.1, 0.15) is 19.8 Å². The first-order valence-corrected chi connectivity index (χ1v) is 5.44. The topological polar surface area (TPSA) is 26.7 Å². The molecule has 0 bridgehead atoms. The molecule has 0 spiro atoms. The molecule has 76 valence electrons. The molecule has 1 atom stereocenters. The maximum absolute atomic E-state index is 9.28. The molecule has 0 aromatic heterocycles. The van der Waals surface area contributed by atoms with E-state index in [0.29, 0.717) is 12.6 Å². The highest BCUT2D eigenvalue weighted by Gasteiger charge is 2.36. The van der Waals surface area contributed by atoms with Crippen LogP contribution in [0.4, 0.5) is 0 Å². The highest BCUT2D eigenvalue weighted by atomic mass is 16.3. The summed E-state index contributed by atoms with van der Waals surface area (Å²) in [4.78, 5) is 4.94. The molecule has 2 rings (SSSR count). The van der Waals surface area contributed by atoms with Crippen LogP contribution in [-0.2, 0) is 0 Å². The minimum Gasteiger partial charge on any atom is -0.395 e. The van der Waals surface area contributed by atoms with Gasteiger partial charge in [0.15, 0.2) is 0 Å². The van der Waals surface area contributed by atoms with Crippen molar-refractivity contribution in [2.24, 2.45) is 0 Å². The quantitative estimate of drug-likeness (QED) is 0.676. The fraction of sp³-hybridized carbons (Fsp3) is 1.00. The number of hydrogen-bond donors (Lipinski definition) is 1. The Balaban J connectivity index is 1.90. The maximum Gasteiger partial charge on any atom is 0.0599 e. The lowest BCUT2D eigenvalue weighted by Gasteiger charge is -2.40. The molecule has 1 saturated heterocycles. The minimum absolute atomic E-state index is 0.326. The van der Waals surface area contributed by atoms with Gasteiger partial charge in [0.25, 0.3) is 0 Å². The van der Waals surface area contributed by atoms with Crippen molar-refractivity contribution < 1.29 is 5.11 Å². The molecule has 0 radical (unpaired) electrons. The number of piperazine rings is 1. The summed E-state index contributed by atoms with van der Waals surface area (Å²) in [6.07, 6.45) is 2.70. The van der Waals surface area contributed by atoms with Crippen LogP contribution in [0, 0.1) is 0 Å². The van der Waals surface area contributed by atoms with Gasteiger partial charge in [-0.15, -0.1) is 0 Å². The summed E-state index contributed by atoms with van der Waals surface area (Å²) in [6, 6.07) is 1.21. The van der Waals surface area contributed by atoms with Crippen LogP contribution in [0.15, 0.2) is 0 Å². The Morgan fingerprint density at radius 3 is 2.62 bits per heavy atom. The first kappa shape index (κ1) is 9.44. The predicted octanol–water partition coefficient (Wildman–Crippen LogP) is 0.147. The summed E-state index contributed by atoms with van der Waals surface area (Å²) in [5.74, 6) is 0. The number of aliphatic hydroxyl groups is 1. The molecule has 1 aliphatic heterocycles. The Morgan fingerprint density at radius 1 is 1.31 bits per heavy atom. The van der Waals surface area contributed by atoms with E-state index in [-0.39, 0.29) is 0 Å². The second-order valence-corrected chi connectivity index (χ2v) is 4.20. The second kappa shape index (κ2) is 3.95. The van der Waals surface area contributed by atoms with Crippen molar-refractivity contribution in [2.75, 3.05) is 32.8 Å². The van der Waals surface area contributed by atoms with Gasteiger partial charge >= 0.3 is 0 Å². The fourth-order valence-corrected chi connectivity index (χ4v) is 2.27. The van der Waals surface area contributed by atoms with Gasteiger partial charge in [-0.25, -0.2) is 0 Å². The standard InChI is InChI=1S/C10H20N2O/c1-2-11-5-6-12(9-3-4-9)10(7-11)8-13/h9-10,13H,2-8H2,1H3/t10-/m0/s1. The highest BCUT2D eigenvalue weighted by molar-refractivity contribution is 4.92. The van der Waals surface area contributed by atoms with Gasteiger partial charge in [0.05, 0.1) is 6.61 Å². The van der Waals surface area contributed by atoms with E-state index in [4.69, 9.17) is 0 Å². The maximum atomic E-state index is 9.28. The monoisotopic (exact) mass is 184 g/mol. The van der Waals surface area contributed by atoms with Gasteiger partial charge in [-0.2, -0.15) is 0 Å². The second-order valence-electron chi connectivity index (χ2n) is 4.20. The summed E-state index contributed by atoms with van der Waals surface area (Å²) >= 11 is 0. The summed E-state index contributed by atoms with van der Waals surface area (Å²) in [5, 5.41) is 9.28. The van der Waals surface area contributed by atoms with Crippen LogP contribution in [-0.4, -0.2) is 59.8 Å². The lowest BCUT2D eigenvalue weighted by atomic mass is 10.1. The minimum atomic E-state index is 0.326. The van der Waals surface area contributed by atoms with Gasteiger partial charge in [-0.05, 0) is 19.4 Å². The van der Waals surface area contributed by atoms with E-state index in [1.165, 1.54) is 19.4 Å². The fourth-order valence-electron chi connectivity index (χ4n) is 2.27. The van der Waals surface area contributed by atoms with Gasteiger partial charge < -0.3 is 10.0 Å². The van der Waals surface area contributed by atoms with Gasteiger partial charge in [0.2, 0.25) is 0 Å². The van der Waals surface area contributed by atoms with E-state index < -0.39 is 0 Å². The van der Waals surface area contributed by atoms with Crippen LogP contribution in [0.3, 0.4) is 0 Å². The van der Waals surface area contributed by atoms with E-state index in [1.54, 1.807) is 0 Å². The number of hydrogen-bond acceptors (Lipinski definition) is 3. The van der Waals surface area contributed by atoms with E-state index >= 15 is 0 Å². The smallest absolute Gasteiger partial charge is 0.0599 e. The molecular formula is C10H20N2O. The Kier molecular flexibility index (Phi) is 2.86. The average Bonchev–Trinajstić information content (AvgIpc) is 3.00. The largest absolute Gasteiger partial charge is 0.395 e. The van der Waals surface area contributed by atoms with Crippen LogP contribution in [0.5, 0.6) is 0 Å². The van der Waals surface area contributed by atoms with E-state index in [1.807, 2.05) is 0 Å². The first-order chi connectivity index (χ1) is 6.35. The zero-order valence-corrected chi connectivity index (χ0v) is 8.45. The third-order valence-electron chi connectivity index (χ3n) is 3.29. The third-order valence-corrected chi connectivity index (χ3v) is 3.29.